The van der Waals surface area contributed by atoms with Gasteiger partial charge >= 0.3 is 0 Å². The SMILES string of the molecule is O=[N+]([O-])c1cccc(-c2ncc3ccccc3n2)c1. The van der Waals surface area contributed by atoms with E-state index in [2.05, 4.69) is 9.97 Å². The summed E-state index contributed by atoms with van der Waals surface area (Å²) in [5, 5.41) is 11.7. The lowest BCUT2D eigenvalue weighted by molar-refractivity contribution is -0.384. The number of nitro groups is 1. The van der Waals surface area contributed by atoms with Crippen LogP contribution in [0.4, 0.5) is 5.69 Å². The molecule has 1 aromatic heterocycles. The molecule has 1 heterocycles. The number of hydrogen-bond donors (Lipinski definition) is 0. The van der Waals surface area contributed by atoms with E-state index in [0.717, 1.165) is 10.9 Å². The van der Waals surface area contributed by atoms with Crippen molar-refractivity contribution >= 4 is 16.6 Å². The van der Waals surface area contributed by atoms with Crippen LogP contribution in [0.25, 0.3) is 22.3 Å². The molecule has 0 bridgehead atoms. The molecule has 5 nitrogen and oxygen atoms in total. The second kappa shape index (κ2) is 4.45. The van der Waals surface area contributed by atoms with Crippen LogP contribution in [0.3, 0.4) is 0 Å². The Labute approximate surface area is 108 Å². The zero-order chi connectivity index (χ0) is 13.2. The molecule has 3 aromatic rings. The highest BCUT2D eigenvalue weighted by atomic mass is 16.6. The lowest BCUT2D eigenvalue weighted by Gasteiger charge is -2.02. The Bertz CT molecular complexity index is 771. The van der Waals surface area contributed by atoms with Crippen molar-refractivity contribution in [1.82, 2.24) is 9.97 Å². The Morgan fingerprint density at radius 3 is 2.74 bits per heavy atom. The van der Waals surface area contributed by atoms with Crippen LogP contribution >= 0.6 is 0 Å². The molecule has 19 heavy (non-hydrogen) atoms. The third-order valence-corrected chi connectivity index (χ3v) is 2.80. The monoisotopic (exact) mass is 251 g/mol. The Morgan fingerprint density at radius 2 is 1.89 bits per heavy atom. The first kappa shape index (κ1) is 11.3. The minimum atomic E-state index is -0.426. The Morgan fingerprint density at radius 1 is 1.05 bits per heavy atom. The van der Waals surface area contributed by atoms with E-state index in [9.17, 15) is 10.1 Å². The first-order valence-corrected chi connectivity index (χ1v) is 5.71. The summed E-state index contributed by atoms with van der Waals surface area (Å²) in [6, 6.07) is 13.9. The smallest absolute Gasteiger partial charge is 0.258 e. The number of rotatable bonds is 2. The van der Waals surface area contributed by atoms with Crippen LogP contribution in [0.15, 0.2) is 54.7 Å². The van der Waals surface area contributed by atoms with Gasteiger partial charge in [0.2, 0.25) is 0 Å². The van der Waals surface area contributed by atoms with E-state index in [4.69, 9.17) is 0 Å². The van der Waals surface area contributed by atoms with Crippen molar-refractivity contribution in [1.29, 1.82) is 0 Å². The van der Waals surface area contributed by atoms with E-state index >= 15 is 0 Å². The maximum absolute atomic E-state index is 10.8. The third kappa shape index (κ3) is 2.13. The number of fused-ring (bicyclic) bond motifs is 1. The van der Waals surface area contributed by atoms with Gasteiger partial charge in [-0.25, -0.2) is 9.97 Å². The zero-order valence-corrected chi connectivity index (χ0v) is 9.85. The van der Waals surface area contributed by atoms with Crippen LogP contribution in [-0.4, -0.2) is 14.9 Å². The van der Waals surface area contributed by atoms with Crippen LogP contribution in [0, 0.1) is 10.1 Å². The van der Waals surface area contributed by atoms with Crippen molar-refractivity contribution in [3.05, 3.63) is 64.8 Å². The van der Waals surface area contributed by atoms with Gasteiger partial charge < -0.3 is 0 Å². The van der Waals surface area contributed by atoms with E-state index in [1.54, 1.807) is 18.3 Å². The molecule has 0 unspecified atom stereocenters. The number of nitrogens with zero attached hydrogens (tertiary/aromatic N) is 3. The van der Waals surface area contributed by atoms with Crippen molar-refractivity contribution in [3.63, 3.8) is 0 Å². The van der Waals surface area contributed by atoms with Crippen molar-refractivity contribution in [2.45, 2.75) is 0 Å². The predicted molar refractivity (Wildman–Crippen MR) is 71.6 cm³/mol. The average molecular weight is 251 g/mol. The van der Waals surface area contributed by atoms with Gasteiger partial charge in [0.15, 0.2) is 5.82 Å². The molecular formula is C14H9N3O2. The Hall–Kier alpha value is -2.82. The summed E-state index contributed by atoms with van der Waals surface area (Å²) in [4.78, 5) is 19.0. The fourth-order valence-electron chi connectivity index (χ4n) is 1.87. The summed E-state index contributed by atoms with van der Waals surface area (Å²) >= 11 is 0. The van der Waals surface area contributed by atoms with Crippen LogP contribution in [0.2, 0.25) is 0 Å². The Kier molecular flexibility index (Phi) is 2.64. The predicted octanol–water partition coefficient (Wildman–Crippen LogP) is 3.21. The lowest BCUT2D eigenvalue weighted by atomic mass is 10.2. The van der Waals surface area contributed by atoms with E-state index in [-0.39, 0.29) is 5.69 Å². The summed E-state index contributed by atoms with van der Waals surface area (Å²) in [5.74, 6) is 0.488. The van der Waals surface area contributed by atoms with Crippen LogP contribution in [0.1, 0.15) is 0 Å². The van der Waals surface area contributed by atoms with Crippen molar-refractivity contribution in [2.24, 2.45) is 0 Å². The minimum Gasteiger partial charge on any atom is -0.258 e. The second-order valence-corrected chi connectivity index (χ2v) is 4.06. The van der Waals surface area contributed by atoms with E-state index < -0.39 is 4.92 Å². The highest BCUT2D eigenvalue weighted by Gasteiger charge is 2.09. The molecular weight excluding hydrogens is 242 g/mol. The summed E-state index contributed by atoms with van der Waals surface area (Å²) < 4.78 is 0. The van der Waals surface area contributed by atoms with Crippen molar-refractivity contribution in [3.8, 4) is 11.4 Å². The Balaban J connectivity index is 2.13. The van der Waals surface area contributed by atoms with Gasteiger partial charge in [-0.1, -0.05) is 30.3 Å². The van der Waals surface area contributed by atoms with Crippen molar-refractivity contribution < 1.29 is 4.92 Å². The number of nitro benzene ring substituents is 1. The fraction of sp³-hybridized carbons (Fsp3) is 0. The standard InChI is InChI=1S/C14H9N3O2/c18-17(19)12-6-3-5-10(8-12)14-15-9-11-4-1-2-7-13(11)16-14/h1-9H. The van der Waals surface area contributed by atoms with Gasteiger partial charge in [-0.05, 0) is 6.07 Å². The highest BCUT2D eigenvalue weighted by molar-refractivity contribution is 5.79. The first-order chi connectivity index (χ1) is 9.24. The zero-order valence-electron chi connectivity index (χ0n) is 9.85. The normalized spacial score (nSPS) is 10.5. The third-order valence-electron chi connectivity index (χ3n) is 2.80. The van der Waals surface area contributed by atoms with Crippen molar-refractivity contribution in [2.75, 3.05) is 0 Å². The van der Waals surface area contributed by atoms with Crippen LogP contribution in [0.5, 0.6) is 0 Å². The first-order valence-electron chi connectivity index (χ1n) is 5.71. The molecule has 0 aliphatic carbocycles. The molecule has 0 aliphatic rings. The number of benzene rings is 2. The molecule has 3 rings (SSSR count). The quantitative estimate of drug-likeness (QED) is 0.518. The molecule has 0 N–H and O–H groups in total. The number of para-hydroxylation sites is 1. The summed E-state index contributed by atoms with van der Waals surface area (Å²) in [6.45, 7) is 0. The van der Waals surface area contributed by atoms with Gasteiger partial charge in [-0.15, -0.1) is 0 Å². The minimum absolute atomic E-state index is 0.0364. The summed E-state index contributed by atoms with van der Waals surface area (Å²) in [6.07, 6.45) is 1.72. The molecule has 0 saturated heterocycles. The molecule has 0 aliphatic heterocycles. The second-order valence-electron chi connectivity index (χ2n) is 4.06. The molecule has 0 spiro atoms. The number of hydrogen-bond acceptors (Lipinski definition) is 4. The number of aromatic nitrogens is 2. The van der Waals surface area contributed by atoms with Crippen LogP contribution in [-0.2, 0) is 0 Å². The molecule has 0 fully saturated rings. The molecule has 0 amide bonds. The molecule has 0 saturated carbocycles. The lowest BCUT2D eigenvalue weighted by Crippen LogP contribution is -1.92. The van der Waals surface area contributed by atoms with Gasteiger partial charge in [0.1, 0.15) is 0 Å². The maximum Gasteiger partial charge on any atom is 0.270 e. The number of non-ortho nitro benzene ring substituents is 1. The molecule has 5 heteroatoms. The molecule has 0 atom stereocenters. The van der Waals surface area contributed by atoms with E-state index in [1.165, 1.54) is 12.1 Å². The molecule has 0 radical (unpaired) electrons. The summed E-state index contributed by atoms with van der Waals surface area (Å²) in [7, 11) is 0. The molecule has 2 aromatic carbocycles. The van der Waals surface area contributed by atoms with E-state index in [0.29, 0.717) is 11.4 Å². The fourth-order valence-corrected chi connectivity index (χ4v) is 1.87. The van der Waals surface area contributed by atoms with Crippen LogP contribution < -0.4 is 0 Å². The topological polar surface area (TPSA) is 68.9 Å². The van der Waals surface area contributed by atoms with Gasteiger partial charge in [0.05, 0.1) is 10.4 Å². The summed E-state index contributed by atoms with van der Waals surface area (Å²) in [5.41, 5.74) is 1.49. The van der Waals surface area contributed by atoms with Gasteiger partial charge in [0, 0.05) is 29.3 Å². The van der Waals surface area contributed by atoms with Gasteiger partial charge in [-0.3, -0.25) is 10.1 Å². The van der Waals surface area contributed by atoms with Gasteiger partial charge in [-0.2, -0.15) is 0 Å². The van der Waals surface area contributed by atoms with E-state index in [1.807, 2.05) is 24.3 Å². The van der Waals surface area contributed by atoms with Gasteiger partial charge in [0.25, 0.3) is 5.69 Å². The molecule has 92 valence electrons. The average Bonchev–Trinajstić information content (AvgIpc) is 2.47. The maximum atomic E-state index is 10.8. The largest absolute Gasteiger partial charge is 0.270 e. The highest BCUT2D eigenvalue weighted by Crippen LogP contribution is 2.22.